The third-order valence-corrected chi connectivity index (χ3v) is 3.51. The van der Waals surface area contributed by atoms with Gasteiger partial charge >= 0.3 is 0 Å². The summed E-state index contributed by atoms with van der Waals surface area (Å²) in [7, 11) is 0. The summed E-state index contributed by atoms with van der Waals surface area (Å²) in [4.78, 5) is 25.4. The van der Waals surface area contributed by atoms with Gasteiger partial charge in [-0.3, -0.25) is 9.59 Å². The van der Waals surface area contributed by atoms with Crippen molar-refractivity contribution in [2.24, 2.45) is 5.73 Å². The Bertz CT molecular complexity index is 496. The highest BCUT2D eigenvalue weighted by Gasteiger charge is 2.22. The van der Waals surface area contributed by atoms with E-state index in [-0.39, 0.29) is 12.0 Å². The van der Waals surface area contributed by atoms with E-state index >= 15 is 0 Å². The van der Waals surface area contributed by atoms with Gasteiger partial charge in [-0.1, -0.05) is 6.07 Å². The fourth-order valence-corrected chi connectivity index (χ4v) is 2.38. The number of hydrogen-bond donors (Lipinski definition) is 1. The number of rotatable bonds is 5. The molecule has 1 heterocycles. The minimum atomic E-state index is -0.526. The zero-order chi connectivity index (χ0) is 14.5. The van der Waals surface area contributed by atoms with Crippen LogP contribution in [0.2, 0.25) is 0 Å². The first-order valence-corrected chi connectivity index (χ1v) is 6.92. The number of benzene rings is 1. The Balaban J connectivity index is 2.10. The van der Waals surface area contributed by atoms with Crippen molar-refractivity contribution in [3.8, 4) is 0 Å². The van der Waals surface area contributed by atoms with Gasteiger partial charge in [0, 0.05) is 30.8 Å². The number of carbonyl (C=O) groups is 2. The van der Waals surface area contributed by atoms with Crippen molar-refractivity contribution >= 4 is 11.8 Å². The highest BCUT2D eigenvalue weighted by molar-refractivity contribution is 5.99. The number of nitrogens with zero attached hydrogens (tertiary/aromatic N) is 1. The van der Waals surface area contributed by atoms with Crippen molar-refractivity contribution in [3.05, 3.63) is 35.4 Å². The maximum atomic E-state index is 12.5. The largest absolute Gasteiger partial charge is 0.376 e. The molecular formula is C15H20N2O3. The van der Waals surface area contributed by atoms with E-state index < -0.39 is 5.91 Å². The van der Waals surface area contributed by atoms with E-state index in [2.05, 4.69) is 0 Å². The van der Waals surface area contributed by atoms with E-state index in [1.165, 1.54) is 0 Å². The minimum absolute atomic E-state index is 0.0916. The summed E-state index contributed by atoms with van der Waals surface area (Å²) in [6.45, 7) is 3.91. The predicted octanol–water partition coefficient (Wildman–Crippen LogP) is 1.43. The lowest BCUT2D eigenvalue weighted by Gasteiger charge is -2.24. The lowest BCUT2D eigenvalue weighted by atomic mass is 10.1. The Morgan fingerprint density at radius 1 is 1.40 bits per heavy atom. The second-order valence-electron chi connectivity index (χ2n) is 4.92. The molecule has 0 bridgehead atoms. The molecule has 1 atom stereocenters. The molecule has 1 unspecified atom stereocenters. The maximum Gasteiger partial charge on any atom is 0.253 e. The molecule has 2 amide bonds. The van der Waals surface area contributed by atoms with Crippen molar-refractivity contribution < 1.29 is 14.3 Å². The lowest BCUT2D eigenvalue weighted by molar-refractivity contribution is 0.0539. The molecule has 2 rings (SSSR count). The third-order valence-electron chi connectivity index (χ3n) is 3.51. The summed E-state index contributed by atoms with van der Waals surface area (Å²) in [5.41, 5.74) is 6.08. The Kier molecular flexibility index (Phi) is 4.74. The second kappa shape index (κ2) is 6.52. The van der Waals surface area contributed by atoms with Crippen LogP contribution in [-0.2, 0) is 4.74 Å². The van der Waals surface area contributed by atoms with Crippen LogP contribution < -0.4 is 5.73 Å². The van der Waals surface area contributed by atoms with Gasteiger partial charge in [-0.2, -0.15) is 0 Å². The summed E-state index contributed by atoms with van der Waals surface area (Å²) in [5, 5.41) is 0. The highest BCUT2D eigenvalue weighted by atomic mass is 16.5. The topological polar surface area (TPSA) is 72.6 Å². The van der Waals surface area contributed by atoms with Gasteiger partial charge in [-0.05, 0) is 38.0 Å². The summed E-state index contributed by atoms with van der Waals surface area (Å²) in [5.74, 6) is -0.618. The highest BCUT2D eigenvalue weighted by Crippen LogP contribution is 2.15. The minimum Gasteiger partial charge on any atom is -0.376 e. The van der Waals surface area contributed by atoms with E-state index in [9.17, 15) is 9.59 Å². The Labute approximate surface area is 118 Å². The first-order valence-electron chi connectivity index (χ1n) is 6.92. The van der Waals surface area contributed by atoms with E-state index in [0.717, 1.165) is 19.4 Å². The Morgan fingerprint density at radius 3 is 2.75 bits per heavy atom. The summed E-state index contributed by atoms with van der Waals surface area (Å²) in [6.07, 6.45) is 2.16. The molecule has 5 nitrogen and oxygen atoms in total. The summed E-state index contributed by atoms with van der Waals surface area (Å²) in [6, 6.07) is 6.53. The van der Waals surface area contributed by atoms with E-state index in [0.29, 0.717) is 24.2 Å². The van der Waals surface area contributed by atoms with Crippen LogP contribution in [0.15, 0.2) is 24.3 Å². The van der Waals surface area contributed by atoms with Gasteiger partial charge in [0.1, 0.15) is 0 Å². The smallest absolute Gasteiger partial charge is 0.253 e. The van der Waals surface area contributed by atoms with Crippen LogP contribution in [0.3, 0.4) is 0 Å². The molecule has 0 aliphatic carbocycles. The van der Waals surface area contributed by atoms with Crippen LogP contribution in [0.4, 0.5) is 0 Å². The normalized spacial score (nSPS) is 17.9. The Morgan fingerprint density at radius 2 is 2.15 bits per heavy atom. The molecule has 0 aromatic heterocycles. The van der Waals surface area contributed by atoms with Gasteiger partial charge in [0.15, 0.2) is 0 Å². The molecule has 1 aromatic carbocycles. The van der Waals surface area contributed by atoms with Crippen LogP contribution in [-0.4, -0.2) is 42.5 Å². The first kappa shape index (κ1) is 14.5. The van der Waals surface area contributed by atoms with Gasteiger partial charge in [0.2, 0.25) is 5.91 Å². The summed E-state index contributed by atoms with van der Waals surface area (Å²) >= 11 is 0. The average Bonchev–Trinajstić information content (AvgIpc) is 2.97. The zero-order valence-corrected chi connectivity index (χ0v) is 11.7. The van der Waals surface area contributed by atoms with Crippen molar-refractivity contribution in [2.45, 2.75) is 25.9 Å². The molecule has 0 radical (unpaired) electrons. The van der Waals surface area contributed by atoms with E-state index in [1.54, 1.807) is 29.2 Å². The Hall–Kier alpha value is -1.88. The van der Waals surface area contributed by atoms with Crippen molar-refractivity contribution in [1.29, 1.82) is 0 Å². The number of likely N-dealkylation sites (N-methyl/N-ethyl adjacent to an activating group) is 1. The molecule has 0 saturated carbocycles. The van der Waals surface area contributed by atoms with Crippen molar-refractivity contribution in [1.82, 2.24) is 4.90 Å². The van der Waals surface area contributed by atoms with Gasteiger partial charge in [0.25, 0.3) is 5.91 Å². The van der Waals surface area contributed by atoms with Gasteiger partial charge in [0.05, 0.1) is 6.10 Å². The van der Waals surface area contributed by atoms with Gasteiger partial charge in [-0.15, -0.1) is 0 Å². The molecular weight excluding hydrogens is 256 g/mol. The van der Waals surface area contributed by atoms with Crippen LogP contribution in [0.1, 0.15) is 40.5 Å². The predicted molar refractivity (Wildman–Crippen MR) is 75.5 cm³/mol. The number of nitrogens with two attached hydrogens (primary N) is 1. The quantitative estimate of drug-likeness (QED) is 0.884. The van der Waals surface area contributed by atoms with Crippen molar-refractivity contribution in [3.63, 3.8) is 0 Å². The SMILES string of the molecule is CCN(CC1CCCO1)C(=O)c1cccc(C(N)=O)c1. The fraction of sp³-hybridized carbons (Fsp3) is 0.467. The molecule has 1 saturated heterocycles. The molecule has 108 valence electrons. The van der Waals surface area contributed by atoms with Gasteiger partial charge in [-0.25, -0.2) is 0 Å². The fourth-order valence-electron chi connectivity index (χ4n) is 2.38. The molecule has 1 aromatic rings. The zero-order valence-electron chi connectivity index (χ0n) is 11.7. The maximum absolute atomic E-state index is 12.5. The average molecular weight is 276 g/mol. The van der Waals surface area contributed by atoms with E-state index in [4.69, 9.17) is 10.5 Å². The number of hydrogen-bond acceptors (Lipinski definition) is 3. The number of ether oxygens (including phenoxy) is 1. The molecule has 20 heavy (non-hydrogen) atoms. The monoisotopic (exact) mass is 276 g/mol. The van der Waals surface area contributed by atoms with Crippen LogP contribution in [0, 0.1) is 0 Å². The summed E-state index contributed by atoms with van der Waals surface area (Å²) < 4.78 is 5.57. The van der Waals surface area contributed by atoms with Crippen LogP contribution in [0.25, 0.3) is 0 Å². The molecule has 1 aliphatic heterocycles. The van der Waals surface area contributed by atoms with Crippen molar-refractivity contribution in [2.75, 3.05) is 19.7 Å². The number of amides is 2. The molecule has 0 spiro atoms. The molecule has 1 fully saturated rings. The molecule has 2 N–H and O–H groups in total. The van der Waals surface area contributed by atoms with Crippen LogP contribution in [0.5, 0.6) is 0 Å². The van der Waals surface area contributed by atoms with E-state index in [1.807, 2.05) is 6.92 Å². The molecule has 1 aliphatic rings. The second-order valence-corrected chi connectivity index (χ2v) is 4.92. The standard InChI is InChI=1S/C15H20N2O3/c1-2-17(10-13-7-4-8-20-13)15(19)12-6-3-5-11(9-12)14(16)18/h3,5-6,9,13H,2,4,7-8,10H2,1H3,(H2,16,18). The lowest BCUT2D eigenvalue weighted by Crippen LogP contribution is -2.37. The third kappa shape index (κ3) is 3.36. The number of carbonyl (C=O) groups excluding carboxylic acids is 2. The molecule has 5 heteroatoms. The van der Waals surface area contributed by atoms with Crippen LogP contribution >= 0.6 is 0 Å². The first-order chi connectivity index (χ1) is 9.61. The number of primary amides is 1. The van der Waals surface area contributed by atoms with Gasteiger partial charge < -0.3 is 15.4 Å².